The minimum absolute atomic E-state index is 0.0819. The number of aliphatic hydroxyl groups is 1. The summed E-state index contributed by atoms with van der Waals surface area (Å²) in [5, 5.41) is 12.8. The van der Waals surface area contributed by atoms with E-state index in [-0.39, 0.29) is 12.1 Å². The van der Waals surface area contributed by atoms with E-state index in [1.54, 1.807) is 13.8 Å². The first-order valence-corrected chi connectivity index (χ1v) is 5.74. The van der Waals surface area contributed by atoms with Crippen molar-refractivity contribution >= 4 is 0 Å². The second-order valence-electron chi connectivity index (χ2n) is 4.79. The Labute approximate surface area is 110 Å². The summed E-state index contributed by atoms with van der Waals surface area (Å²) in [5.74, 6) is 2.48. The van der Waals surface area contributed by atoms with Gasteiger partial charge in [0.15, 0.2) is 0 Å². The summed E-state index contributed by atoms with van der Waals surface area (Å²) in [6.45, 7) is 3.57. The van der Waals surface area contributed by atoms with Crippen LogP contribution >= 0.6 is 0 Å². The van der Waals surface area contributed by atoms with Crippen molar-refractivity contribution in [1.82, 2.24) is 5.32 Å². The number of nitrogens with one attached hydrogen (secondary N) is 1. The van der Waals surface area contributed by atoms with Crippen LogP contribution in [0.15, 0.2) is 24.3 Å². The number of hydrogen-bond acceptors (Lipinski definition) is 2. The molecule has 19 heavy (non-hydrogen) atoms. The first-order valence-electron chi connectivity index (χ1n) is 5.74. The molecule has 2 N–H and O–H groups in total. The van der Waals surface area contributed by atoms with Gasteiger partial charge in [0.25, 0.3) is 0 Å². The van der Waals surface area contributed by atoms with Gasteiger partial charge in [-0.25, -0.2) is 0 Å². The van der Waals surface area contributed by atoms with Gasteiger partial charge in [-0.3, -0.25) is 5.32 Å². The van der Waals surface area contributed by atoms with Crippen molar-refractivity contribution in [3.8, 4) is 12.3 Å². The van der Waals surface area contributed by atoms with Crippen molar-refractivity contribution in [3.05, 3.63) is 35.4 Å². The van der Waals surface area contributed by atoms with Crippen molar-refractivity contribution < 1.29 is 18.3 Å². The van der Waals surface area contributed by atoms with Crippen molar-refractivity contribution in [3.63, 3.8) is 0 Å². The van der Waals surface area contributed by atoms with Crippen molar-refractivity contribution in [2.24, 2.45) is 0 Å². The highest BCUT2D eigenvalue weighted by molar-refractivity contribution is 5.27. The quantitative estimate of drug-likeness (QED) is 0.825. The Morgan fingerprint density at radius 1 is 1.37 bits per heavy atom. The van der Waals surface area contributed by atoms with E-state index in [1.807, 2.05) is 0 Å². The van der Waals surface area contributed by atoms with Crippen molar-refractivity contribution in [2.45, 2.75) is 31.7 Å². The normalized spacial score (nSPS) is 13.9. The second kappa shape index (κ2) is 5.64. The molecule has 104 valence electrons. The van der Waals surface area contributed by atoms with Gasteiger partial charge in [-0.1, -0.05) is 18.1 Å². The molecule has 0 bridgehead atoms. The van der Waals surface area contributed by atoms with Gasteiger partial charge in [-0.15, -0.1) is 6.42 Å². The number of β-amino-alcohol motifs (C(OH)–C–C–N with tert-alkyl or cyclic N) is 1. The molecule has 2 nitrogen and oxygen atoms in total. The maximum Gasteiger partial charge on any atom is 0.416 e. The van der Waals surface area contributed by atoms with Crippen LogP contribution in [0.25, 0.3) is 0 Å². The third-order valence-electron chi connectivity index (χ3n) is 2.70. The topological polar surface area (TPSA) is 32.3 Å². The monoisotopic (exact) mass is 271 g/mol. The molecular weight excluding hydrogens is 255 g/mol. The molecule has 1 aromatic rings. The zero-order valence-corrected chi connectivity index (χ0v) is 10.8. The molecule has 1 unspecified atom stereocenters. The van der Waals surface area contributed by atoms with Crippen molar-refractivity contribution in [2.75, 3.05) is 6.54 Å². The minimum atomic E-state index is -4.42. The van der Waals surface area contributed by atoms with E-state index in [0.717, 1.165) is 12.1 Å². The fraction of sp³-hybridized carbons (Fsp3) is 0.429. The molecule has 0 saturated carbocycles. The van der Waals surface area contributed by atoms with Crippen LogP contribution in [-0.4, -0.2) is 17.2 Å². The number of halogens is 3. The van der Waals surface area contributed by atoms with Gasteiger partial charge in [0.05, 0.1) is 17.2 Å². The highest BCUT2D eigenvalue weighted by Gasteiger charge is 2.30. The molecule has 0 saturated heterocycles. The first-order chi connectivity index (χ1) is 8.65. The van der Waals surface area contributed by atoms with E-state index >= 15 is 0 Å². The van der Waals surface area contributed by atoms with E-state index in [1.165, 1.54) is 12.1 Å². The van der Waals surface area contributed by atoms with Crippen LogP contribution in [0.4, 0.5) is 13.2 Å². The fourth-order valence-corrected chi connectivity index (χ4v) is 1.44. The summed E-state index contributed by atoms with van der Waals surface area (Å²) in [6.07, 6.45) is -0.192. The Hall–Kier alpha value is -1.51. The predicted octanol–water partition coefficient (Wildman–Crippen LogP) is 2.74. The molecular formula is C14H16F3NO. The molecule has 0 aliphatic rings. The standard InChI is InChI=1S/C14H16F3NO/c1-4-13(2,3)18-9-12(19)10-6-5-7-11(8-10)14(15,16)17/h1,5-8,12,18-19H,9H2,2-3H3. The minimum Gasteiger partial charge on any atom is -0.387 e. The van der Waals surface area contributed by atoms with Crippen LogP contribution in [0.5, 0.6) is 0 Å². The molecule has 0 aromatic heterocycles. The van der Waals surface area contributed by atoms with E-state index in [9.17, 15) is 18.3 Å². The van der Waals surface area contributed by atoms with Crippen LogP contribution in [0, 0.1) is 12.3 Å². The molecule has 0 aliphatic heterocycles. The first kappa shape index (κ1) is 15.5. The number of benzene rings is 1. The lowest BCUT2D eigenvalue weighted by molar-refractivity contribution is -0.137. The average Bonchev–Trinajstić information content (AvgIpc) is 2.35. The van der Waals surface area contributed by atoms with Gasteiger partial charge < -0.3 is 5.11 Å². The molecule has 0 aliphatic carbocycles. The zero-order chi connectivity index (χ0) is 14.7. The molecule has 1 rings (SSSR count). The van der Waals surface area contributed by atoms with Gasteiger partial charge in [0, 0.05) is 6.54 Å². The molecule has 0 fully saturated rings. The Morgan fingerprint density at radius 2 is 2.00 bits per heavy atom. The molecule has 0 amide bonds. The Balaban J connectivity index is 2.79. The van der Waals surface area contributed by atoms with Gasteiger partial charge in [-0.2, -0.15) is 13.2 Å². The summed E-state index contributed by atoms with van der Waals surface area (Å²) >= 11 is 0. The van der Waals surface area contributed by atoms with Crippen LogP contribution in [0.3, 0.4) is 0 Å². The van der Waals surface area contributed by atoms with E-state index in [2.05, 4.69) is 11.2 Å². The molecule has 0 spiro atoms. The lowest BCUT2D eigenvalue weighted by Crippen LogP contribution is -2.40. The molecule has 0 radical (unpaired) electrons. The molecule has 5 heteroatoms. The lowest BCUT2D eigenvalue weighted by atomic mass is 10.0. The average molecular weight is 271 g/mol. The molecule has 1 atom stereocenters. The summed E-state index contributed by atoms with van der Waals surface area (Å²) in [4.78, 5) is 0. The number of hydrogen-bond donors (Lipinski definition) is 2. The number of alkyl halides is 3. The van der Waals surface area contributed by atoms with E-state index in [0.29, 0.717) is 0 Å². The maximum atomic E-state index is 12.5. The smallest absolute Gasteiger partial charge is 0.387 e. The number of rotatable bonds is 4. The van der Waals surface area contributed by atoms with E-state index < -0.39 is 23.4 Å². The van der Waals surface area contributed by atoms with Gasteiger partial charge in [0.2, 0.25) is 0 Å². The highest BCUT2D eigenvalue weighted by atomic mass is 19.4. The summed E-state index contributed by atoms with van der Waals surface area (Å²) < 4.78 is 37.6. The van der Waals surface area contributed by atoms with Crippen LogP contribution in [-0.2, 0) is 6.18 Å². The lowest BCUT2D eigenvalue weighted by Gasteiger charge is -2.22. The number of aliphatic hydroxyl groups excluding tert-OH is 1. The van der Waals surface area contributed by atoms with Crippen molar-refractivity contribution in [1.29, 1.82) is 0 Å². The molecule has 0 heterocycles. The second-order valence-corrected chi connectivity index (χ2v) is 4.79. The SMILES string of the molecule is C#CC(C)(C)NCC(O)c1cccc(C(F)(F)F)c1. The highest BCUT2D eigenvalue weighted by Crippen LogP contribution is 2.30. The summed E-state index contributed by atoms with van der Waals surface area (Å²) in [6, 6.07) is 4.63. The largest absolute Gasteiger partial charge is 0.416 e. The summed E-state index contributed by atoms with van der Waals surface area (Å²) in [7, 11) is 0. The third kappa shape index (κ3) is 4.58. The Bertz CT molecular complexity index is 474. The van der Waals surface area contributed by atoms with Gasteiger partial charge in [-0.05, 0) is 31.5 Å². The zero-order valence-electron chi connectivity index (χ0n) is 10.8. The Morgan fingerprint density at radius 3 is 2.53 bits per heavy atom. The predicted molar refractivity (Wildman–Crippen MR) is 67.3 cm³/mol. The van der Waals surface area contributed by atoms with Crippen LogP contribution in [0.1, 0.15) is 31.1 Å². The third-order valence-corrected chi connectivity index (χ3v) is 2.70. The van der Waals surface area contributed by atoms with Crippen LogP contribution in [0.2, 0.25) is 0 Å². The Kier molecular flexibility index (Phi) is 4.61. The fourth-order valence-electron chi connectivity index (χ4n) is 1.44. The van der Waals surface area contributed by atoms with Gasteiger partial charge in [0.1, 0.15) is 0 Å². The van der Waals surface area contributed by atoms with E-state index in [4.69, 9.17) is 6.42 Å². The number of terminal acetylenes is 1. The maximum absolute atomic E-state index is 12.5. The van der Waals surface area contributed by atoms with Crippen LogP contribution < -0.4 is 5.32 Å². The molecule has 1 aromatic carbocycles. The van der Waals surface area contributed by atoms with Gasteiger partial charge >= 0.3 is 6.18 Å². The summed E-state index contributed by atoms with van der Waals surface area (Å²) in [5.41, 5.74) is -1.20.